The largest absolute Gasteiger partial charge is 0.431 e. The maximum atomic E-state index is 12.7. The van der Waals surface area contributed by atoms with E-state index in [1.807, 2.05) is 65.3 Å². The highest BCUT2D eigenvalue weighted by molar-refractivity contribution is 7.20. The molecule has 1 fully saturated rings. The summed E-state index contributed by atoms with van der Waals surface area (Å²) in [7, 11) is 1.94. The lowest BCUT2D eigenvalue weighted by molar-refractivity contribution is 0.0785. The molecule has 6 rings (SSSR count). The van der Waals surface area contributed by atoms with Crippen LogP contribution in [0.15, 0.2) is 78.8 Å². The zero-order valence-electron chi connectivity index (χ0n) is 18.3. The first kappa shape index (κ1) is 20.1. The fraction of sp³-hybridized carbons (Fsp3) is 0.231. The number of benzene rings is 2. The summed E-state index contributed by atoms with van der Waals surface area (Å²) in [5.74, 6) is 1.35. The second-order valence-electron chi connectivity index (χ2n) is 8.78. The van der Waals surface area contributed by atoms with Crippen LogP contribution in [-0.2, 0) is 13.6 Å². The van der Waals surface area contributed by atoms with Gasteiger partial charge in [-0.05, 0) is 41.5 Å². The first-order valence-electron chi connectivity index (χ1n) is 11.1. The van der Waals surface area contributed by atoms with Gasteiger partial charge in [-0.15, -0.1) is 0 Å². The molecule has 4 heterocycles. The molecule has 0 bridgehead atoms. The van der Waals surface area contributed by atoms with Crippen LogP contribution in [0.1, 0.15) is 15.9 Å². The van der Waals surface area contributed by atoms with Crippen molar-refractivity contribution in [2.45, 2.75) is 6.54 Å². The SMILES string of the molecule is Cn1ccc(C(=O)N2CC3=CN(Cc4ccc(Oc5nc6ccccc6s5)cc4)CC3C2)c1. The number of carbonyl (C=O) groups excluding carboxylic acids is 1. The van der Waals surface area contributed by atoms with Crippen LogP contribution < -0.4 is 4.74 Å². The monoisotopic (exact) mass is 456 g/mol. The number of rotatable bonds is 5. The lowest BCUT2D eigenvalue weighted by Gasteiger charge is -2.21. The predicted octanol–water partition coefficient (Wildman–Crippen LogP) is 4.90. The highest BCUT2D eigenvalue weighted by Crippen LogP contribution is 2.33. The van der Waals surface area contributed by atoms with E-state index in [4.69, 9.17) is 4.74 Å². The Bertz CT molecular complexity index is 1320. The topological polar surface area (TPSA) is 50.6 Å². The van der Waals surface area contributed by atoms with E-state index in [-0.39, 0.29) is 5.91 Å². The van der Waals surface area contributed by atoms with Crippen LogP contribution in [0.25, 0.3) is 10.2 Å². The number of amides is 1. The molecule has 2 aromatic heterocycles. The number of hydrogen-bond acceptors (Lipinski definition) is 5. The van der Waals surface area contributed by atoms with Crippen molar-refractivity contribution in [1.29, 1.82) is 0 Å². The summed E-state index contributed by atoms with van der Waals surface area (Å²) < 4.78 is 9.01. The van der Waals surface area contributed by atoms with Gasteiger partial charge in [-0.25, -0.2) is 4.98 Å². The van der Waals surface area contributed by atoms with Gasteiger partial charge in [0.2, 0.25) is 0 Å². The van der Waals surface area contributed by atoms with E-state index in [1.54, 1.807) is 11.3 Å². The van der Waals surface area contributed by atoms with Crippen molar-refractivity contribution in [3.8, 4) is 10.9 Å². The van der Waals surface area contributed by atoms with Gasteiger partial charge in [-0.3, -0.25) is 4.79 Å². The molecule has 6 nitrogen and oxygen atoms in total. The number of likely N-dealkylation sites (tertiary alicyclic amines) is 1. The molecule has 0 N–H and O–H groups in total. The van der Waals surface area contributed by atoms with Gasteiger partial charge in [0.25, 0.3) is 11.1 Å². The van der Waals surface area contributed by atoms with Crippen molar-refractivity contribution in [2.24, 2.45) is 13.0 Å². The third-order valence-electron chi connectivity index (χ3n) is 6.30. The van der Waals surface area contributed by atoms with Crippen molar-refractivity contribution in [3.05, 3.63) is 89.9 Å². The molecule has 0 radical (unpaired) electrons. The number of hydrogen-bond donors (Lipinski definition) is 0. The molecule has 7 heteroatoms. The Hall–Kier alpha value is -3.58. The maximum Gasteiger partial charge on any atom is 0.279 e. The number of ether oxygens (including phenoxy) is 1. The third-order valence-corrected chi connectivity index (χ3v) is 7.21. The van der Waals surface area contributed by atoms with E-state index in [2.05, 4.69) is 34.3 Å². The van der Waals surface area contributed by atoms with E-state index in [9.17, 15) is 4.79 Å². The molecule has 166 valence electrons. The minimum Gasteiger partial charge on any atom is -0.431 e. The Morgan fingerprint density at radius 3 is 2.73 bits per heavy atom. The summed E-state index contributed by atoms with van der Waals surface area (Å²) in [5, 5.41) is 0.663. The number of para-hydroxylation sites is 1. The number of nitrogens with zero attached hydrogens (tertiary/aromatic N) is 4. The van der Waals surface area contributed by atoms with Crippen molar-refractivity contribution >= 4 is 27.5 Å². The van der Waals surface area contributed by atoms with Crippen LogP contribution >= 0.6 is 11.3 Å². The molecule has 2 aromatic carbocycles. The third kappa shape index (κ3) is 4.00. The average molecular weight is 457 g/mol. The molecule has 4 aromatic rings. The minimum atomic E-state index is 0.126. The summed E-state index contributed by atoms with van der Waals surface area (Å²) in [6.07, 6.45) is 6.05. The molecule has 1 atom stereocenters. The summed E-state index contributed by atoms with van der Waals surface area (Å²) in [5.41, 5.74) is 4.32. The summed E-state index contributed by atoms with van der Waals surface area (Å²) in [6, 6.07) is 18.2. The van der Waals surface area contributed by atoms with Gasteiger partial charge in [0.1, 0.15) is 5.75 Å². The summed E-state index contributed by atoms with van der Waals surface area (Å²) >= 11 is 1.56. The van der Waals surface area contributed by atoms with Crippen molar-refractivity contribution in [1.82, 2.24) is 19.4 Å². The summed E-state index contributed by atoms with van der Waals surface area (Å²) in [6.45, 7) is 3.33. The zero-order chi connectivity index (χ0) is 22.4. The van der Waals surface area contributed by atoms with Gasteiger partial charge >= 0.3 is 0 Å². The Labute approximate surface area is 196 Å². The lowest BCUT2D eigenvalue weighted by atomic mass is 10.1. The van der Waals surface area contributed by atoms with E-state index in [0.717, 1.165) is 47.7 Å². The van der Waals surface area contributed by atoms with E-state index in [1.165, 1.54) is 11.1 Å². The van der Waals surface area contributed by atoms with Crippen molar-refractivity contribution in [3.63, 3.8) is 0 Å². The van der Waals surface area contributed by atoms with Gasteiger partial charge in [0.15, 0.2) is 0 Å². The van der Waals surface area contributed by atoms with Crippen LogP contribution in [0.2, 0.25) is 0 Å². The minimum absolute atomic E-state index is 0.126. The first-order valence-corrected chi connectivity index (χ1v) is 11.9. The van der Waals surface area contributed by atoms with Crippen LogP contribution in [0, 0.1) is 5.92 Å². The molecule has 1 saturated heterocycles. The number of thiazole rings is 1. The first-order chi connectivity index (χ1) is 16.1. The fourth-order valence-corrected chi connectivity index (χ4v) is 5.49. The molecule has 2 aliphatic heterocycles. The van der Waals surface area contributed by atoms with Crippen molar-refractivity contribution < 1.29 is 9.53 Å². The van der Waals surface area contributed by atoms with Gasteiger partial charge < -0.3 is 19.1 Å². The fourth-order valence-electron chi connectivity index (χ4n) is 4.66. The number of fused-ring (bicyclic) bond motifs is 2. The molecule has 0 aliphatic carbocycles. The number of carbonyl (C=O) groups is 1. The highest BCUT2D eigenvalue weighted by atomic mass is 32.1. The quantitative estimate of drug-likeness (QED) is 0.429. The average Bonchev–Trinajstić information content (AvgIpc) is 3.57. The van der Waals surface area contributed by atoms with E-state index >= 15 is 0 Å². The van der Waals surface area contributed by atoms with Crippen LogP contribution in [0.4, 0.5) is 0 Å². The predicted molar refractivity (Wildman–Crippen MR) is 129 cm³/mol. The second-order valence-corrected chi connectivity index (χ2v) is 9.77. The van der Waals surface area contributed by atoms with Crippen LogP contribution in [-0.4, -0.2) is 44.9 Å². The Morgan fingerprint density at radius 1 is 1.12 bits per heavy atom. The summed E-state index contributed by atoms with van der Waals surface area (Å²) in [4.78, 5) is 21.6. The van der Waals surface area contributed by atoms with E-state index in [0.29, 0.717) is 11.1 Å². The molecule has 33 heavy (non-hydrogen) atoms. The molecule has 0 saturated carbocycles. The van der Waals surface area contributed by atoms with Gasteiger partial charge in [-0.1, -0.05) is 35.6 Å². The second kappa shape index (κ2) is 8.08. The Balaban J connectivity index is 1.07. The number of aryl methyl sites for hydroxylation is 1. The molecular weight excluding hydrogens is 432 g/mol. The normalized spacial score (nSPS) is 17.5. The maximum absolute atomic E-state index is 12.7. The Morgan fingerprint density at radius 2 is 1.97 bits per heavy atom. The molecule has 1 unspecified atom stereocenters. The zero-order valence-corrected chi connectivity index (χ0v) is 19.2. The lowest BCUT2D eigenvalue weighted by Crippen LogP contribution is -2.31. The molecule has 2 aliphatic rings. The Kier molecular flexibility index (Phi) is 4.91. The standard InChI is InChI=1S/C26H24N4O2S/c1-28-11-10-19(13-28)25(31)30-16-20-14-29(15-21(20)17-30)12-18-6-8-22(9-7-18)32-26-27-23-4-2-3-5-24(23)33-26/h2-11,13-14,21H,12,15-17H2,1H3. The smallest absolute Gasteiger partial charge is 0.279 e. The van der Waals surface area contributed by atoms with E-state index < -0.39 is 0 Å². The van der Waals surface area contributed by atoms with Gasteiger partial charge in [0.05, 0.1) is 15.8 Å². The van der Waals surface area contributed by atoms with Crippen molar-refractivity contribution in [2.75, 3.05) is 19.6 Å². The molecule has 1 amide bonds. The molecule has 0 spiro atoms. The number of aromatic nitrogens is 2. The van der Waals surface area contributed by atoms with Crippen LogP contribution in [0.5, 0.6) is 10.9 Å². The van der Waals surface area contributed by atoms with Crippen LogP contribution in [0.3, 0.4) is 0 Å². The molecular formula is C26H24N4O2S. The highest BCUT2D eigenvalue weighted by Gasteiger charge is 2.35. The van der Waals surface area contributed by atoms with Gasteiger partial charge in [-0.2, -0.15) is 0 Å². The van der Waals surface area contributed by atoms with Gasteiger partial charge in [0, 0.05) is 57.7 Å².